The molecule has 2 rings (SSSR count). The summed E-state index contributed by atoms with van der Waals surface area (Å²) < 4.78 is 6.82. The molecule has 0 fully saturated rings. The van der Waals surface area contributed by atoms with Crippen molar-refractivity contribution in [1.29, 1.82) is 0 Å². The normalized spacial score (nSPS) is 10.4. The zero-order valence-electron chi connectivity index (χ0n) is 10.4. The SMILES string of the molecule is C=CCn1ncc(NCc2cc(C)no2)c(Br)c1=O. The maximum Gasteiger partial charge on any atom is 0.283 e. The summed E-state index contributed by atoms with van der Waals surface area (Å²) in [7, 11) is 0. The van der Waals surface area contributed by atoms with Crippen molar-refractivity contribution in [3.05, 3.63) is 51.2 Å². The summed E-state index contributed by atoms with van der Waals surface area (Å²) in [5.41, 5.74) is 1.22. The van der Waals surface area contributed by atoms with Crippen LogP contribution in [0.25, 0.3) is 0 Å². The molecule has 1 N–H and O–H groups in total. The first-order valence-electron chi connectivity index (χ1n) is 5.64. The lowest BCUT2D eigenvalue weighted by Crippen LogP contribution is -2.23. The highest BCUT2D eigenvalue weighted by Gasteiger charge is 2.09. The van der Waals surface area contributed by atoms with Crippen molar-refractivity contribution in [2.24, 2.45) is 0 Å². The molecule has 0 aromatic carbocycles. The fourth-order valence-corrected chi connectivity index (χ4v) is 1.97. The van der Waals surface area contributed by atoms with Crippen molar-refractivity contribution in [3.8, 4) is 0 Å². The van der Waals surface area contributed by atoms with Crippen LogP contribution in [0.15, 0.2) is 38.7 Å². The van der Waals surface area contributed by atoms with E-state index in [0.717, 1.165) is 5.69 Å². The standard InChI is InChI=1S/C12H13BrN4O2/c1-3-4-17-12(18)11(13)10(7-15-17)14-6-9-5-8(2)16-19-9/h3,5,7,14H,1,4,6H2,2H3. The van der Waals surface area contributed by atoms with Gasteiger partial charge in [0.05, 0.1) is 30.7 Å². The van der Waals surface area contributed by atoms with Gasteiger partial charge in [-0.1, -0.05) is 11.2 Å². The van der Waals surface area contributed by atoms with E-state index >= 15 is 0 Å². The summed E-state index contributed by atoms with van der Waals surface area (Å²) in [6.07, 6.45) is 3.20. The molecule has 19 heavy (non-hydrogen) atoms. The Balaban J connectivity index is 2.15. The van der Waals surface area contributed by atoms with Crippen molar-refractivity contribution >= 4 is 21.6 Å². The number of allylic oxidation sites excluding steroid dienone is 1. The van der Waals surface area contributed by atoms with Crippen LogP contribution in [0.3, 0.4) is 0 Å². The monoisotopic (exact) mass is 324 g/mol. The molecule has 0 amide bonds. The Morgan fingerprint density at radius 3 is 3.05 bits per heavy atom. The number of nitrogens with zero attached hydrogens (tertiary/aromatic N) is 3. The van der Waals surface area contributed by atoms with Gasteiger partial charge in [-0.3, -0.25) is 4.79 Å². The topological polar surface area (TPSA) is 73.0 Å². The average molecular weight is 325 g/mol. The molecule has 0 saturated carbocycles. The van der Waals surface area contributed by atoms with Crippen LogP contribution in [0.5, 0.6) is 0 Å². The molecule has 0 atom stereocenters. The van der Waals surface area contributed by atoms with Crippen LogP contribution in [0.1, 0.15) is 11.5 Å². The Kier molecular flexibility index (Phi) is 4.16. The largest absolute Gasteiger partial charge is 0.375 e. The fourth-order valence-electron chi connectivity index (χ4n) is 1.52. The smallest absolute Gasteiger partial charge is 0.283 e. The highest BCUT2D eigenvalue weighted by molar-refractivity contribution is 9.10. The number of anilines is 1. The summed E-state index contributed by atoms with van der Waals surface area (Å²) >= 11 is 3.26. The van der Waals surface area contributed by atoms with Crippen LogP contribution in [0.4, 0.5) is 5.69 Å². The van der Waals surface area contributed by atoms with Gasteiger partial charge in [-0.15, -0.1) is 6.58 Å². The zero-order chi connectivity index (χ0) is 13.8. The number of hydrogen-bond donors (Lipinski definition) is 1. The van der Waals surface area contributed by atoms with Gasteiger partial charge in [-0.25, -0.2) is 4.68 Å². The minimum Gasteiger partial charge on any atom is -0.375 e. The van der Waals surface area contributed by atoms with Crippen LogP contribution >= 0.6 is 15.9 Å². The van der Waals surface area contributed by atoms with Gasteiger partial charge in [-0.2, -0.15) is 5.10 Å². The van der Waals surface area contributed by atoms with E-state index in [0.29, 0.717) is 29.0 Å². The Morgan fingerprint density at radius 1 is 1.63 bits per heavy atom. The van der Waals surface area contributed by atoms with Gasteiger partial charge in [0.15, 0.2) is 5.76 Å². The first kappa shape index (κ1) is 13.5. The van der Waals surface area contributed by atoms with Crippen molar-refractivity contribution in [1.82, 2.24) is 14.9 Å². The third-order valence-electron chi connectivity index (χ3n) is 2.42. The van der Waals surface area contributed by atoms with E-state index in [1.54, 1.807) is 12.3 Å². The molecule has 0 aliphatic carbocycles. The highest BCUT2D eigenvalue weighted by Crippen LogP contribution is 2.17. The first-order chi connectivity index (χ1) is 9.11. The van der Waals surface area contributed by atoms with Crippen molar-refractivity contribution in [2.75, 3.05) is 5.32 Å². The highest BCUT2D eigenvalue weighted by atomic mass is 79.9. The molecule has 2 aromatic rings. The van der Waals surface area contributed by atoms with Gasteiger partial charge in [-0.05, 0) is 22.9 Å². The second-order valence-corrected chi connectivity index (χ2v) is 4.73. The number of rotatable bonds is 5. The van der Waals surface area contributed by atoms with E-state index < -0.39 is 0 Å². The van der Waals surface area contributed by atoms with Crippen LogP contribution in [-0.2, 0) is 13.1 Å². The molecule has 0 aliphatic rings. The van der Waals surface area contributed by atoms with Gasteiger partial charge in [0.2, 0.25) is 0 Å². The maximum atomic E-state index is 11.9. The van der Waals surface area contributed by atoms with E-state index in [9.17, 15) is 4.79 Å². The quantitative estimate of drug-likeness (QED) is 0.852. The first-order valence-corrected chi connectivity index (χ1v) is 6.43. The van der Waals surface area contributed by atoms with E-state index in [2.05, 4.69) is 38.1 Å². The summed E-state index contributed by atoms with van der Waals surface area (Å²) in [5, 5.41) is 10.9. The molecule has 7 heteroatoms. The summed E-state index contributed by atoms with van der Waals surface area (Å²) in [6.45, 7) is 6.24. The third-order valence-corrected chi connectivity index (χ3v) is 3.18. The number of hydrogen-bond acceptors (Lipinski definition) is 5. The molecular weight excluding hydrogens is 312 g/mol. The second kappa shape index (κ2) is 5.83. The lowest BCUT2D eigenvalue weighted by atomic mass is 10.3. The van der Waals surface area contributed by atoms with Gasteiger partial charge in [0, 0.05) is 6.07 Å². The number of aromatic nitrogens is 3. The maximum absolute atomic E-state index is 11.9. The van der Waals surface area contributed by atoms with Crippen molar-refractivity contribution in [3.63, 3.8) is 0 Å². The Hall–Kier alpha value is -1.89. The van der Waals surface area contributed by atoms with Crippen LogP contribution in [0.2, 0.25) is 0 Å². The molecule has 0 aliphatic heterocycles. The molecule has 0 radical (unpaired) electrons. The predicted octanol–water partition coefficient (Wildman–Crippen LogP) is 2.10. The number of nitrogens with one attached hydrogen (secondary N) is 1. The minimum absolute atomic E-state index is 0.210. The van der Waals surface area contributed by atoms with Gasteiger partial charge < -0.3 is 9.84 Å². The molecule has 6 nitrogen and oxygen atoms in total. The van der Waals surface area contributed by atoms with Gasteiger partial charge in [0.25, 0.3) is 5.56 Å². The van der Waals surface area contributed by atoms with E-state index in [1.165, 1.54) is 4.68 Å². The minimum atomic E-state index is -0.210. The van der Waals surface area contributed by atoms with Crippen LogP contribution < -0.4 is 10.9 Å². The molecule has 0 unspecified atom stereocenters. The number of halogens is 1. The van der Waals surface area contributed by atoms with Crippen molar-refractivity contribution in [2.45, 2.75) is 20.0 Å². The summed E-state index contributed by atoms with van der Waals surface area (Å²) in [4.78, 5) is 11.9. The molecular formula is C12H13BrN4O2. The van der Waals surface area contributed by atoms with Gasteiger partial charge in [0.1, 0.15) is 4.47 Å². The lowest BCUT2D eigenvalue weighted by molar-refractivity contribution is 0.384. The molecule has 0 spiro atoms. The Labute approximate surface area is 118 Å². The number of aryl methyl sites for hydroxylation is 1. The second-order valence-electron chi connectivity index (χ2n) is 3.94. The lowest BCUT2D eigenvalue weighted by Gasteiger charge is -2.08. The summed E-state index contributed by atoms with van der Waals surface area (Å²) in [6, 6.07) is 1.83. The summed E-state index contributed by atoms with van der Waals surface area (Å²) in [5.74, 6) is 0.694. The van der Waals surface area contributed by atoms with E-state index in [-0.39, 0.29) is 5.56 Å². The predicted molar refractivity (Wildman–Crippen MR) is 75.0 cm³/mol. The van der Waals surface area contributed by atoms with Crippen LogP contribution in [-0.4, -0.2) is 14.9 Å². The van der Waals surface area contributed by atoms with Crippen LogP contribution in [0, 0.1) is 6.92 Å². The molecule has 2 aromatic heterocycles. The van der Waals surface area contributed by atoms with E-state index in [4.69, 9.17) is 4.52 Å². The molecule has 0 saturated heterocycles. The Morgan fingerprint density at radius 2 is 2.42 bits per heavy atom. The van der Waals surface area contributed by atoms with E-state index in [1.807, 2.05) is 13.0 Å². The third kappa shape index (κ3) is 3.11. The van der Waals surface area contributed by atoms with Crippen molar-refractivity contribution < 1.29 is 4.52 Å². The molecule has 100 valence electrons. The zero-order valence-corrected chi connectivity index (χ0v) is 12.0. The Bertz CT molecular complexity index is 647. The van der Waals surface area contributed by atoms with Gasteiger partial charge >= 0.3 is 0 Å². The molecule has 0 bridgehead atoms. The molecule has 2 heterocycles. The fraction of sp³-hybridized carbons (Fsp3) is 0.250. The average Bonchev–Trinajstić information content (AvgIpc) is 2.80.